The zero-order valence-corrected chi connectivity index (χ0v) is 10.0. The second-order valence-electron chi connectivity index (χ2n) is 4.21. The Labute approximate surface area is 105 Å². The molecule has 0 bridgehead atoms. The van der Waals surface area contributed by atoms with Crippen molar-refractivity contribution >= 4 is 11.5 Å². The highest BCUT2D eigenvalue weighted by Gasteiger charge is 2.36. The molecule has 4 heteroatoms. The Morgan fingerprint density at radius 2 is 2.06 bits per heavy atom. The third-order valence-electron chi connectivity index (χ3n) is 2.88. The summed E-state index contributed by atoms with van der Waals surface area (Å²) in [4.78, 5) is 11.0. The molecule has 1 N–H and O–H groups in total. The molecule has 2 rings (SSSR count). The molecule has 18 heavy (non-hydrogen) atoms. The highest BCUT2D eigenvalue weighted by atomic mass is 19.1. The SMILES string of the molecule is CC(=O)N(O)C1(F)C=CC(c2ccccc2)=CC1. The van der Waals surface area contributed by atoms with Crippen molar-refractivity contribution in [2.24, 2.45) is 0 Å². The molecule has 1 aliphatic carbocycles. The Kier molecular flexibility index (Phi) is 3.30. The topological polar surface area (TPSA) is 40.5 Å². The minimum absolute atomic E-state index is 0.0657. The number of benzene rings is 1. The van der Waals surface area contributed by atoms with Gasteiger partial charge in [-0.05, 0) is 17.2 Å². The first-order valence-electron chi connectivity index (χ1n) is 5.66. The Morgan fingerprint density at radius 1 is 1.39 bits per heavy atom. The number of rotatable bonds is 2. The lowest BCUT2D eigenvalue weighted by Gasteiger charge is -2.30. The lowest BCUT2D eigenvalue weighted by atomic mass is 9.95. The van der Waals surface area contributed by atoms with Gasteiger partial charge in [0.05, 0.1) is 0 Å². The van der Waals surface area contributed by atoms with Crippen molar-refractivity contribution in [2.45, 2.75) is 19.1 Å². The molecule has 0 aliphatic heterocycles. The number of carbonyl (C=O) groups is 1. The quantitative estimate of drug-likeness (QED) is 0.496. The van der Waals surface area contributed by atoms with Crippen LogP contribution in [0.3, 0.4) is 0 Å². The van der Waals surface area contributed by atoms with Crippen molar-refractivity contribution in [2.75, 3.05) is 0 Å². The number of carbonyl (C=O) groups excluding carboxylic acids is 1. The number of alkyl halides is 1. The Balaban J connectivity index is 2.19. The lowest BCUT2D eigenvalue weighted by Crippen LogP contribution is -2.44. The van der Waals surface area contributed by atoms with Crippen LogP contribution in [0.15, 0.2) is 48.6 Å². The van der Waals surface area contributed by atoms with Crippen LogP contribution in [-0.4, -0.2) is 22.0 Å². The van der Waals surface area contributed by atoms with Gasteiger partial charge < -0.3 is 0 Å². The minimum atomic E-state index is -2.15. The lowest BCUT2D eigenvalue weighted by molar-refractivity contribution is -0.208. The highest BCUT2D eigenvalue weighted by Crippen LogP contribution is 2.31. The van der Waals surface area contributed by atoms with Crippen LogP contribution in [0.5, 0.6) is 0 Å². The Morgan fingerprint density at radius 3 is 2.56 bits per heavy atom. The normalized spacial score (nSPS) is 22.5. The van der Waals surface area contributed by atoms with Gasteiger partial charge in [0, 0.05) is 13.3 Å². The van der Waals surface area contributed by atoms with E-state index in [-0.39, 0.29) is 11.5 Å². The van der Waals surface area contributed by atoms with Gasteiger partial charge in [0.15, 0.2) is 0 Å². The first kappa shape index (κ1) is 12.5. The van der Waals surface area contributed by atoms with Gasteiger partial charge >= 0.3 is 0 Å². The molecule has 0 fully saturated rings. The number of allylic oxidation sites excluding steroid dienone is 2. The first-order valence-corrected chi connectivity index (χ1v) is 5.66. The van der Waals surface area contributed by atoms with Crippen molar-refractivity contribution in [1.82, 2.24) is 5.06 Å². The number of hydrogen-bond donors (Lipinski definition) is 1. The summed E-state index contributed by atoms with van der Waals surface area (Å²) >= 11 is 0. The predicted octanol–water partition coefficient (Wildman–Crippen LogP) is 2.93. The van der Waals surface area contributed by atoms with E-state index in [1.54, 1.807) is 12.2 Å². The van der Waals surface area contributed by atoms with Crippen LogP contribution in [0.25, 0.3) is 5.57 Å². The number of amides is 1. The molecule has 0 aromatic heterocycles. The van der Waals surface area contributed by atoms with Crippen LogP contribution < -0.4 is 0 Å². The van der Waals surface area contributed by atoms with Gasteiger partial charge in [0.1, 0.15) is 0 Å². The number of halogens is 1. The summed E-state index contributed by atoms with van der Waals surface area (Å²) in [6.45, 7) is 1.12. The highest BCUT2D eigenvalue weighted by molar-refractivity contribution is 5.77. The summed E-state index contributed by atoms with van der Waals surface area (Å²) < 4.78 is 14.2. The van der Waals surface area contributed by atoms with Gasteiger partial charge in [-0.15, -0.1) is 0 Å². The number of nitrogens with zero attached hydrogens (tertiary/aromatic N) is 1. The third-order valence-corrected chi connectivity index (χ3v) is 2.88. The van der Waals surface area contributed by atoms with Gasteiger partial charge in [-0.25, -0.2) is 4.39 Å². The summed E-state index contributed by atoms with van der Waals surface area (Å²) in [5, 5.41) is 9.52. The molecule has 94 valence electrons. The molecule has 0 saturated carbocycles. The van der Waals surface area contributed by atoms with Crippen molar-refractivity contribution in [3.8, 4) is 0 Å². The van der Waals surface area contributed by atoms with E-state index < -0.39 is 11.7 Å². The summed E-state index contributed by atoms with van der Waals surface area (Å²) in [5.74, 6) is -2.87. The maximum Gasteiger partial charge on any atom is 0.246 e. The minimum Gasteiger partial charge on any atom is -0.283 e. The zero-order chi connectivity index (χ0) is 13.2. The zero-order valence-electron chi connectivity index (χ0n) is 10.0. The molecule has 1 aromatic carbocycles. The molecule has 1 unspecified atom stereocenters. The van der Waals surface area contributed by atoms with Crippen molar-refractivity contribution in [1.29, 1.82) is 0 Å². The second kappa shape index (κ2) is 4.74. The maximum absolute atomic E-state index is 14.2. The molecular formula is C14H14FNO2. The average Bonchev–Trinajstić information content (AvgIpc) is 2.39. The van der Waals surface area contributed by atoms with Crippen LogP contribution >= 0.6 is 0 Å². The van der Waals surface area contributed by atoms with Crippen LogP contribution in [-0.2, 0) is 4.79 Å². The van der Waals surface area contributed by atoms with Crippen molar-refractivity contribution < 1.29 is 14.4 Å². The largest absolute Gasteiger partial charge is 0.283 e. The van der Waals surface area contributed by atoms with E-state index in [0.29, 0.717) is 0 Å². The van der Waals surface area contributed by atoms with E-state index in [1.807, 2.05) is 30.3 Å². The number of hydrogen-bond acceptors (Lipinski definition) is 2. The average molecular weight is 247 g/mol. The summed E-state index contributed by atoms with van der Waals surface area (Å²) in [5.41, 5.74) is 1.85. The molecule has 1 aliphatic rings. The molecule has 0 radical (unpaired) electrons. The maximum atomic E-state index is 14.2. The summed E-state index contributed by atoms with van der Waals surface area (Å²) in [6, 6.07) is 9.54. The second-order valence-corrected chi connectivity index (χ2v) is 4.21. The Bertz CT molecular complexity index is 510. The van der Waals surface area contributed by atoms with Gasteiger partial charge in [-0.1, -0.05) is 42.5 Å². The fourth-order valence-electron chi connectivity index (χ4n) is 1.87. The van der Waals surface area contributed by atoms with E-state index in [0.717, 1.165) is 18.1 Å². The molecule has 0 saturated heterocycles. The van der Waals surface area contributed by atoms with Crippen LogP contribution in [0, 0.1) is 0 Å². The summed E-state index contributed by atoms with van der Waals surface area (Å²) in [6.07, 6.45) is 4.38. The van der Waals surface area contributed by atoms with Gasteiger partial charge in [0.2, 0.25) is 11.7 Å². The fraction of sp³-hybridized carbons (Fsp3) is 0.214. The number of hydroxylamine groups is 2. The molecule has 3 nitrogen and oxygen atoms in total. The fourth-order valence-corrected chi connectivity index (χ4v) is 1.87. The first-order chi connectivity index (χ1) is 8.53. The van der Waals surface area contributed by atoms with Crippen LogP contribution in [0.2, 0.25) is 0 Å². The molecule has 0 heterocycles. The standard InChI is InChI=1S/C14H14FNO2/c1-11(17)16(18)14(15)9-7-13(8-10-14)12-5-3-2-4-6-12/h2-9,18H,10H2,1H3. The van der Waals surface area contributed by atoms with Gasteiger partial charge in [-0.3, -0.25) is 10.0 Å². The predicted molar refractivity (Wildman–Crippen MR) is 66.3 cm³/mol. The Hall–Kier alpha value is -1.94. The van der Waals surface area contributed by atoms with Crippen LogP contribution in [0.1, 0.15) is 18.9 Å². The molecule has 1 aromatic rings. The van der Waals surface area contributed by atoms with Crippen molar-refractivity contribution in [3.05, 3.63) is 54.1 Å². The van der Waals surface area contributed by atoms with E-state index in [2.05, 4.69) is 0 Å². The summed E-state index contributed by atoms with van der Waals surface area (Å²) in [7, 11) is 0. The monoisotopic (exact) mass is 247 g/mol. The van der Waals surface area contributed by atoms with Crippen molar-refractivity contribution in [3.63, 3.8) is 0 Å². The van der Waals surface area contributed by atoms with E-state index >= 15 is 0 Å². The molecular weight excluding hydrogens is 233 g/mol. The van der Waals surface area contributed by atoms with Gasteiger partial charge in [-0.2, -0.15) is 5.06 Å². The van der Waals surface area contributed by atoms with E-state index in [1.165, 1.54) is 6.08 Å². The molecule has 1 atom stereocenters. The molecule has 0 spiro atoms. The third kappa shape index (κ3) is 2.33. The van der Waals surface area contributed by atoms with E-state index in [9.17, 15) is 14.4 Å². The molecule has 1 amide bonds. The smallest absolute Gasteiger partial charge is 0.246 e. The van der Waals surface area contributed by atoms with E-state index in [4.69, 9.17) is 0 Å². The van der Waals surface area contributed by atoms with Crippen LogP contribution in [0.4, 0.5) is 4.39 Å². The van der Waals surface area contributed by atoms with Gasteiger partial charge in [0.25, 0.3) is 0 Å².